The number of nitrogens with zero attached hydrogens (tertiary/aromatic N) is 1. The molecule has 3 N–H and O–H groups in total. The summed E-state index contributed by atoms with van der Waals surface area (Å²) in [5.74, 6) is -0.350. The van der Waals surface area contributed by atoms with Gasteiger partial charge in [0.1, 0.15) is 0 Å². The van der Waals surface area contributed by atoms with Gasteiger partial charge in [0.05, 0.1) is 5.52 Å². The van der Waals surface area contributed by atoms with Gasteiger partial charge in [0.15, 0.2) is 5.58 Å². The fourth-order valence-corrected chi connectivity index (χ4v) is 1.79. The molecule has 2 rings (SSSR count). The maximum atomic E-state index is 11.3. The molecule has 1 unspecified atom stereocenters. The predicted molar refractivity (Wildman–Crippen MR) is 66.9 cm³/mol. The van der Waals surface area contributed by atoms with Gasteiger partial charge in [0.2, 0.25) is 0 Å². The summed E-state index contributed by atoms with van der Waals surface area (Å²) in [6.07, 6.45) is 0. The molecule has 0 fully saturated rings. The second-order valence-corrected chi connectivity index (χ2v) is 4.07. The summed E-state index contributed by atoms with van der Waals surface area (Å²) >= 11 is 0. The number of benzene rings is 1. The van der Waals surface area contributed by atoms with E-state index in [4.69, 9.17) is 10.2 Å². The van der Waals surface area contributed by atoms with E-state index in [-0.39, 0.29) is 11.8 Å². The summed E-state index contributed by atoms with van der Waals surface area (Å²) in [5, 5.41) is 3.20. The van der Waals surface area contributed by atoms with Crippen LogP contribution < -0.4 is 16.8 Å². The molecule has 0 bridgehead atoms. The first-order valence-corrected chi connectivity index (χ1v) is 5.69. The van der Waals surface area contributed by atoms with Crippen LogP contribution >= 0.6 is 0 Å². The third kappa shape index (κ3) is 2.25. The molecule has 0 aliphatic carbocycles. The first-order chi connectivity index (χ1) is 8.13. The maximum absolute atomic E-state index is 11.3. The standard InChI is InChI=1S/C12H17N3O2/c1-3-14-7-9(13)8-4-5-11-10(6-8)15(2)12(16)17-11/h4-6,9,14H,3,7,13H2,1-2H3. The average Bonchev–Trinajstić information content (AvgIpc) is 2.62. The van der Waals surface area contributed by atoms with E-state index < -0.39 is 0 Å². The fraction of sp³-hybridized carbons (Fsp3) is 0.417. The van der Waals surface area contributed by atoms with Gasteiger partial charge in [0, 0.05) is 19.6 Å². The highest BCUT2D eigenvalue weighted by molar-refractivity contribution is 5.73. The molecule has 1 aromatic carbocycles. The van der Waals surface area contributed by atoms with E-state index >= 15 is 0 Å². The zero-order chi connectivity index (χ0) is 12.4. The molecule has 5 heteroatoms. The Morgan fingerprint density at radius 2 is 2.29 bits per heavy atom. The number of nitrogens with two attached hydrogens (primary N) is 1. The number of oxazole rings is 1. The SMILES string of the molecule is CCNCC(N)c1ccc2oc(=O)n(C)c2c1. The van der Waals surface area contributed by atoms with Crippen molar-refractivity contribution in [3.05, 3.63) is 34.3 Å². The summed E-state index contributed by atoms with van der Waals surface area (Å²) < 4.78 is 6.55. The van der Waals surface area contributed by atoms with Crippen molar-refractivity contribution in [3.8, 4) is 0 Å². The minimum absolute atomic E-state index is 0.0793. The summed E-state index contributed by atoms with van der Waals surface area (Å²) in [6.45, 7) is 3.64. The van der Waals surface area contributed by atoms with Crippen LogP contribution in [-0.4, -0.2) is 17.7 Å². The van der Waals surface area contributed by atoms with Crippen LogP contribution in [-0.2, 0) is 7.05 Å². The van der Waals surface area contributed by atoms with Gasteiger partial charge in [0.25, 0.3) is 0 Å². The number of nitrogens with one attached hydrogen (secondary N) is 1. The Balaban J connectivity index is 2.36. The van der Waals surface area contributed by atoms with Crippen LogP contribution in [0.5, 0.6) is 0 Å². The van der Waals surface area contributed by atoms with Crippen LogP contribution in [0.3, 0.4) is 0 Å². The van der Waals surface area contributed by atoms with Gasteiger partial charge < -0.3 is 15.5 Å². The number of likely N-dealkylation sites (N-methyl/N-ethyl adjacent to an activating group) is 1. The lowest BCUT2D eigenvalue weighted by molar-refractivity contribution is 0.528. The average molecular weight is 235 g/mol. The third-order valence-corrected chi connectivity index (χ3v) is 2.86. The number of hydrogen-bond donors (Lipinski definition) is 2. The van der Waals surface area contributed by atoms with Crippen molar-refractivity contribution in [2.45, 2.75) is 13.0 Å². The summed E-state index contributed by atoms with van der Waals surface area (Å²) in [4.78, 5) is 11.3. The highest BCUT2D eigenvalue weighted by Crippen LogP contribution is 2.17. The topological polar surface area (TPSA) is 73.2 Å². The molecule has 2 aromatic rings. The van der Waals surface area contributed by atoms with Crippen LogP contribution in [0.4, 0.5) is 0 Å². The fourth-order valence-electron chi connectivity index (χ4n) is 1.79. The first-order valence-electron chi connectivity index (χ1n) is 5.69. The number of aromatic nitrogens is 1. The quantitative estimate of drug-likeness (QED) is 0.819. The lowest BCUT2D eigenvalue weighted by atomic mass is 10.1. The third-order valence-electron chi connectivity index (χ3n) is 2.86. The molecule has 0 saturated heterocycles. The molecule has 0 radical (unpaired) electrons. The van der Waals surface area contributed by atoms with E-state index in [1.807, 2.05) is 19.1 Å². The summed E-state index contributed by atoms with van der Waals surface area (Å²) in [7, 11) is 1.69. The van der Waals surface area contributed by atoms with Crippen molar-refractivity contribution in [1.29, 1.82) is 0 Å². The van der Waals surface area contributed by atoms with Gasteiger partial charge in [-0.3, -0.25) is 4.57 Å². The van der Waals surface area contributed by atoms with E-state index in [1.54, 1.807) is 13.1 Å². The minimum Gasteiger partial charge on any atom is -0.408 e. The second-order valence-electron chi connectivity index (χ2n) is 4.07. The number of fused-ring (bicyclic) bond motifs is 1. The monoisotopic (exact) mass is 235 g/mol. The van der Waals surface area contributed by atoms with Gasteiger partial charge in [-0.15, -0.1) is 0 Å². The zero-order valence-corrected chi connectivity index (χ0v) is 10.1. The Bertz CT molecular complexity index is 571. The number of rotatable bonds is 4. The van der Waals surface area contributed by atoms with Crippen molar-refractivity contribution in [2.75, 3.05) is 13.1 Å². The van der Waals surface area contributed by atoms with Crippen LogP contribution in [0.15, 0.2) is 27.4 Å². The molecule has 0 spiro atoms. The highest BCUT2D eigenvalue weighted by atomic mass is 16.4. The minimum atomic E-state index is -0.350. The van der Waals surface area contributed by atoms with Crippen molar-refractivity contribution in [3.63, 3.8) is 0 Å². The van der Waals surface area contributed by atoms with Crippen molar-refractivity contribution in [2.24, 2.45) is 12.8 Å². The summed E-state index contributed by atoms with van der Waals surface area (Å²) in [5.41, 5.74) is 8.42. The zero-order valence-electron chi connectivity index (χ0n) is 10.1. The molecular weight excluding hydrogens is 218 g/mol. The molecule has 0 aliphatic heterocycles. The molecule has 0 amide bonds. The molecule has 0 aliphatic rings. The van der Waals surface area contributed by atoms with Gasteiger partial charge in [-0.1, -0.05) is 13.0 Å². The smallest absolute Gasteiger partial charge is 0.408 e. The van der Waals surface area contributed by atoms with Gasteiger partial charge >= 0.3 is 5.76 Å². The molecule has 1 heterocycles. The van der Waals surface area contributed by atoms with Crippen LogP contribution in [0.25, 0.3) is 11.1 Å². The molecule has 1 aromatic heterocycles. The van der Waals surface area contributed by atoms with E-state index in [2.05, 4.69) is 5.32 Å². The maximum Gasteiger partial charge on any atom is 0.419 e. The molecule has 5 nitrogen and oxygen atoms in total. The van der Waals surface area contributed by atoms with Gasteiger partial charge in [-0.05, 0) is 24.2 Å². The molecule has 1 atom stereocenters. The largest absolute Gasteiger partial charge is 0.419 e. The summed E-state index contributed by atoms with van der Waals surface area (Å²) in [6, 6.07) is 5.51. The Kier molecular flexibility index (Phi) is 3.31. The Hall–Kier alpha value is -1.59. The highest BCUT2D eigenvalue weighted by Gasteiger charge is 2.10. The molecule has 92 valence electrons. The Morgan fingerprint density at radius 1 is 1.53 bits per heavy atom. The van der Waals surface area contributed by atoms with E-state index in [1.165, 1.54) is 4.57 Å². The van der Waals surface area contributed by atoms with Crippen molar-refractivity contribution in [1.82, 2.24) is 9.88 Å². The van der Waals surface area contributed by atoms with Crippen LogP contribution in [0.1, 0.15) is 18.5 Å². The second kappa shape index (κ2) is 4.73. The lowest BCUT2D eigenvalue weighted by Gasteiger charge is -2.12. The Morgan fingerprint density at radius 3 is 3.00 bits per heavy atom. The van der Waals surface area contributed by atoms with Gasteiger partial charge in [-0.2, -0.15) is 0 Å². The van der Waals surface area contributed by atoms with E-state index in [0.29, 0.717) is 12.1 Å². The van der Waals surface area contributed by atoms with Crippen LogP contribution in [0, 0.1) is 0 Å². The first kappa shape index (κ1) is 11.9. The van der Waals surface area contributed by atoms with Gasteiger partial charge in [-0.25, -0.2) is 4.79 Å². The van der Waals surface area contributed by atoms with Crippen molar-refractivity contribution < 1.29 is 4.42 Å². The van der Waals surface area contributed by atoms with Crippen LogP contribution in [0.2, 0.25) is 0 Å². The number of aryl methyl sites for hydroxylation is 1. The number of hydrogen-bond acceptors (Lipinski definition) is 4. The molecule has 17 heavy (non-hydrogen) atoms. The molecular formula is C12H17N3O2. The van der Waals surface area contributed by atoms with E-state index in [9.17, 15) is 4.79 Å². The normalized spacial score (nSPS) is 13.1. The molecule has 0 saturated carbocycles. The van der Waals surface area contributed by atoms with Crippen molar-refractivity contribution >= 4 is 11.1 Å². The lowest BCUT2D eigenvalue weighted by Crippen LogP contribution is -2.26. The predicted octanol–water partition coefficient (Wildman–Crippen LogP) is 0.741. The van der Waals surface area contributed by atoms with E-state index in [0.717, 1.165) is 17.6 Å². The Labute approximate surface area is 99.2 Å².